The Labute approximate surface area is 122 Å². The van der Waals surface area contributed by atoms with Gasteiger partial charge in [0.05, 0.1) is 5.60 Å². The highest BCUT2D eigenvalue weighted by atomic mass is 16.5. The third-order valence-electron chi connectivity index (χ3n) is 4.17. The summed E-state index contributed by atoms with van der Waals surface area (Å²) in [7, 11) is 0. The molecule has 6 heteroatoms. The van der Waals surface area contributed by atoms with Gasteiger partial charge in [0.25, 0.3) is 11.8 Å². The van der Waals surface area contributed by atoms with Crippen molar-refractivity contribution in [3.8, 4) is 0 Å². The number of carbonyl (C=O) groups excluding carboxylic acids is 2. The molecule has 21 heavy (non-hydrogen) atoms. The summed E-state index contributed by atoms with van der Waals surface area (Å²) >= 11 is 0. The molecule has 6 nitrogen and oxygen atoms in total. The van der Waals surface area contributed by atoms with Crippen molar-refractivity contribution in [1.82, 2.24) is 10.8 Å². The number of nitrogens with one attached hydrogen (secondary N) is 2. The van der Waals surface area contributed by atoms with Crippen molar-refractivity contribution < 1.29 is 19.9 Å². The Kier molecular flexibility index (Phi) is 3.43. The van der Waals surface area contributed by atoms with E-state index in [4.69, 9.17) is 5.21 Å². The number of hydroxylamine groups is 1. The minimum atomic E-state index is -1.25. The van der Waals surface area contributed by atoms with Crippen LogP contribution in [0.5, 0.6) is 0 Å². The highest BCUT2D eigenvalue weighted by Crippen LogP contribution is 2.40. The third kappa shape index (κ3) is 2.91. The molecule has 2 saturated carbocycles. The summed E-state index contributed by atoms with van der Waals surface area (Å²) in [6.07, 6.45) is 3.23. The quantitative estimate of drug-likeness (QED) is 0.474. The zero-order valence-electron chi connectivity index (χ0n) is 11.5. The fourth-order valence-electron chi connectivity index (χ4n) is 2.46. The summed E-state index contributed by atoms with van der Waals surface area (Å²) in [5.41, 5.74) is 1.88. The van der Waals surface area contributed by atoms with Gasteiger partial charge < -0.3 is 10.4 Å². The molecule has 0 saturated heterocycles. The lowest BCUT2D eigenvalue weighted by Gasteiger charge is -2.21. The minimum Gasteiger partial charge on any atom is -0.387 e. The van der Waals surface area contributed by atoms with Crippen LogP contribution in [-0.2, 0) is 4.79 Å². The van der Waals surface area contributed by atoms with Crippen LogP contribution in [0.4, 0.5) is 0 Å². The van der Waals surface area contributed by atoms with E-state index in [0.29, 0.717) is 24.3 Å². The Balaban J connectivity index is 1.70. The van der Waals surface area contributed by atoms with Crippen molar-refractivity contribution in [2.75, 3.05) is 0 Å². The smallest absolute Gasteiger partial charge is 0.268 e. The fraction of sp³-hybridized carbons (Fsp3) is 0.467. The maximum absolute atomic E-state index is 12.2. The van der Waals surface area contributed by atoms with Crippen molar-refractivity contribution in [3.63, 3.8) is 0 Å². The Hall–Kier alpha value is -1.92. The number of rotatable bonds is 5. The van der Waals surface area contributed by atoms with Crippen LogP contribution in [0.15, 0.2) is 24.3 Å². The predicted octanol–water partition coefficient (Wildman–Crippen LogP) is 0.693. The maximum Gasteiger partial charge on any atom is 0.268 e. The number of benzene rings is 1. The molecule has 0 bridgehead atoms. The first kappa shape index (κ1) is 14.0. The maximum atomic E-state index is 12.2. The van der Waals surface area contributed by atoms with Crippen molar-refractivity contribution in [1.29, 1.82) is 0 Å². The van der Waals surface area contributed by atoms with E-state index in [-0.39, 0.29) is 0 Å². The molecule has 2 amide bonds. The van der Waals surface area contributed by atoms with Crippen LogP contribution in [0.1, 0.15) is 47.5 Å². The van der Waals surface area contributed by atoms with E-state index in [0.717, 1.165) is 0 Å². The van der Waals surface area contributed by atoms with E-state index in [1.165, 1.54) is 23.9 Å². The van der Waals surface area contributed by atoms with Gasteiger partial charge in [-0.05, 0) is 49.3 Å². The lowest BCUT2D eigenvalue weighted by atomic mass is 10.1. The van der Waals surface area contributed by atoms with Crippen molar-refractivity contribution in [2.45, 2.75) is 43.2 Å². The van der Waals surface area contributed by atoms with E-state index in [1.807, 2.05) is 12.1 Å². The van der Waals surface area contributed by atoms with Gasteiger partial charge in [0.2, 0.25) is 0 Å². The molecule has 2 fully saturated rings. The second kappa shape index (κ2) is 5.13. The van der Waals surface area contributed by atoms with Gasteiger partial charge in [0.1, 0.15) is 6.04 Å². The van der Waals surface area contributed by atoms with Gasteiger partial charge >= 0.3 is 0 Å². The van der Waals surface area contributed by atoms with Crippen LogP contribution < -0.4 is 10.8 Å². The first-order valence-corrected chi connectivity index (χ1v) is 7.11. The molecule has 2 aliphatic carbocycles. The second-order valence-corrected chi connectivity index (χ2v) is 5.88. The van der Waals surface area contributed by atoms with Crippen LogP contribution in [0.2, 0.25) is 0 Å². The zero-order valence-corrected chi connectivity index (χ0v) is 11.5. The summed E-state index contributed by atoms with van der Waals surface area (Å²) < 4.78 is 0. The molecular formula is C15H18N2O4. The third-order valence-corrected chi connectivity index (χ3v) is 4.17. The normalized spacial score (nSPS) is 20.5. The molecular weight excluding hydrogens is 272 g/mol. The van der Waals surface area contributed by atoms with Crippen LogP contribution in [0.25, 0.3) is 0 Å². The Morgan fingerprint density at radius 2 is 1.81 bits per heavy atom. The lowest BCUT2D eigenvalue weighted by Crippen LogP contribution is -2.54. The monoisotopic (exact) mass is 290 g/mol. The lowest BCUT2D eigenvalue weighted by molar-refractivity contribution is -0.134. The molecule has 3 rings (SSSR count). The zero-order chi connectivity index (χ0) is 15.0. The number of hydrogen-bond acceptors (Lipinski definition) is 4. The molecule has 1 unspecified atom stereocenters. The van der Waals surface area contributed by atoms with Gasteiger partial charge in [-0.15, -0.1) is 0 Å². The molecule has 4 N–H and O–H groups in total. The second-order valence-electron chi connectivity index (χ2n) is 5.88. The van der Waals surface area contributed by atoms with Gasteiger partial charge in [0, 0.05) is 5.56 Å². The molecule has 0 aromatic heterocycles. The van der Waals surface area contributed by atoms with Crippen molar-refractivity contribution in [2.24, 2.45) is 0 Å². The average Bonchev–Trinajstić information content (AvgIpc) is 3.40. The fourth-order valence-corrected chi connectivity index (χ4v) is 2.46. The molecule has 0 aliphatic heterocycles. The molecule has 1 aromatic carbocycles. The highest BCUT2D eigenvalue weighted by molar-refractivity contribution is 5.98. The van der Waals surface area contributed by atoms with E-state index in [1.54, 1.807) is 12.1 Å². The molecule has 1 aromatic rings. The van der Waals surface area contributed by atoms with E-state index in [2.05, 4.69) is 5.32 Å². The van der Waals surface area contributed by atoms with Crippen LogP contribution in [0, 0.1) is 0 Å². The largest absolute Gasteiger partial charge is 0.387 e. The predicted molar refractivity (Wildman–Crippen MR) is 73.8 cm³/mol. The highest BCUT2D eigenvalue weighted by Gasteiger charge is 2.52. The molecule has 1 atom stereocenters. The van der Waals surface area contributed by atoms with Gasteiger partial charge in [-0.1, -0.05) is 12.1 Å². The number of aliphatic hydroxyl groups is 1. The van der Waals surface area contributed by atoms with Crippen LogP contribution >= 0.6 is 0 Å². The summed E-state index contributed by atoms with van der Waals surface area (Å²) in [5.74, 6) is -0.633. The van der Waals surface area contributed by atoms with Gasteiger partial charge in [-0.2, -0.15) is 0 Å². The van der Waals surface area contributed by atoms with E-state index >= 15 is 0 Å². The van der Waals surface area contributed by atoms with Gasteiger partial charge in [-0.3, -0.25) is 14.8 Å². The topological polar surface area (TPSA) is 98.7 Å². The SMILES string of the molecule is O=C(NC(C(=O)NO)C1(O)CC1)c1ccc(C2CC2)cc1. The van der Waals surface area contributed by atoms with Gasteiger partial charge in [0.15, 0.2) is 0 Å². The van der Waals surface area contributed by atoms with E-state index < -0.39 is 23.5 Å². The first-order valence-electron chi connectivity index (χ1n) is 7.11. The summed E-state index contributed by atoms with van der Waals surface area (Å²) in [5, 5.41) is 21.2. The number of amides is 2. The Morgan fingerprint density at radius 3 is 2.29 bits per heavy atom. The Morgan fingerprint density at radius 1 is 1.19 bits per heavy atom. The molecule has 112 valence electrons. The van der Waals surface area contributed by atoms with Gasteiger partial charge in [-0.25, -0.2) is 5.48 Å². The van der Waals surface area contributed by atoms with Crippen LogP contribution in [0.3, 0.4) is 0 Å². The molecule has 0 heterocycles. The molecule has 2 aliphatic rings. The summed E-state index contributed by atoms with van der Waals surface area (Å²) in [4.78, 5) is 23.7. The summed E-state index contributed by atoms with van der Waals surface area (Å²) in [6.45, 7) is 0. The molecule has 0 radical (unpaired) electrons. The average molecular weight is 290 g/mol. The standard InChI is InChI=1S/C15H18N2O4/c18-13(11-5-3-10(4-6-11)9-1-2-9)16-12(14(19)17-21)15(20)7-8-15/h3-6,9,12,20-21H,1-2,7-8H2,(H,16,18)(H,17,19). The summed E-state index contributed by atoms with van der Waals surface area (Å²) in [6, 6.07) is 6.12. The first-order chi connectivity index (χ1) is 10.0. The number of hydrogen-bond donors (Lipinski definition) is 4. The van der Waals surface area contributed by atoms with Crippen molar-refractivity contribution >= 4 is 11.8 Å². The van der Waals surface area contributed by atoms with E-state index in [9.17, 15) is 14.7 Å². The van der Waals surface area contributed by atoms with Crippen LogP contribution in [-0.4, -0.2) is 33.8 Å². The number of carbonyl (C=O) groups is 2. The minimum absolute atomic E-state index is 0.423. The Bertz CT molecular complexity index is 562. The molecule has 0 spiro atoms. The van der Waals surface area contributed by atoms with Crippen molar-refractivity contribution in [3.05, 3.63) is 35.4 Å².